The van der Waals surface area contributed by atoms with E-state index in [2.05, 4.69) is 29.6 Å². The van der Waals surface area contributed by atoms with E-state index in [-0.39, 0.29) is 18.5 Å². The van der Waals surface area contributed by atoms with E-state index in [9.17, 15) is 14.4 Å². The van der Waals surface area contributed by atoms with Crippen molar-refractivity contribution in [3.8, 4) is 16.9 Å². The number of nitrogens with zero attached hydrogens (tertiary/aromatic N) is 3. The Bertz CT molecular complexity index is 1310. The van der Waals surface area contributed by atoms with Crippen molar-refractivity contribution >= 4 is 17.8 Å². The molecule has 2 aliphatic rings. The highest BCUT2D eigenvalue weighted by molar-refractivity contribution is 6.08. The fourth-order valence-corrected chi connectivity index (χ4v) is 4.62. The molecule has 2 aromatic carbocycles. The van der Waals surface area contributed by atoms with Crippen molar-refractivity contribution in [2.75, 3.05) is 13.2 Å². The normalized spacial score (nSPS) is 19.2. The number of carbonyl (C=O) groups is 3. The number of fused-ring (bicyclic) bond motifs is 1. The topological polar surface area (TPSA) is 106 Å². The van der Waals surface area contributed by atoms with Crippen LogP contribution >= 0.6 is 0 Å². The van der Waals surface area contributed by atoms with Crippen molar-refractivity contribution in [2.45, 2.75) is 38.9 Å². The van der Waals surface area contributed by atoms with Gasteiger partial charge in [-0.1, -0.05) is 30.3 Å². The van der Waals surface area contributed by atoms with Crippen molar-refractivity contribution < 1.29 is 19.1 Å². The summed E-state index contributed by atoms with van der Waals surface area (Å²) in [5.74, 6) is -0.0614. The van der Waals surface area contributed by atoms with Gasteiger partial charge in [0.15, 0.2) is 5.54 Å². The maximum absolute atomic E-state index is 13.2. The Labute approximate surface area is 203 Å². The van der Waals surface area contributed by atoms with Crippen molar-refractivity contribution in [3.63, 3.8) is 0 Å². The average Bonchev–Trinajstić information content (AvgIpc) is 3.52. The molecule has 0 aliphatic carbocycles. The molecule has 0 saturated carbocycles. The minimum Gasteiger partial charge on any atom is -0.494 e. The summed E-state index contributed by atoms with van der Waals surface area (Å²) in [5.41, 5.74) is 2.50. The third-order valence-corrected chi connectivity index (χ3v) is 6.48. The number of amides is 4. The molecule has 2 N–H and O–H groups in total. The van der Waals surface area contributed by atoms with Crippen LogP contribution in [0.3, 0.4) is 0 Å². The molecule has 9 nitrogen and oxygen atoms in total. The Hall–Kier alpha value is -4.14. The van der Waals surface area contributed by atoms with E-state index in [1.807, 2.05) is 54.2 Å². The Morgan fingerprint density at radius 1 is 1.09 bits per heavy atom. The van der Waals surface area contributed by atoms with Crippen molar-refractivity contribution in [3.05, 3.63) is 71.5 Å². The highest BCUT2D eigenvalue weighted by atomic mass is 16.5. The van der Waals surface area contributed by atoms with Gasteiger partial charge in [-0.15, -0.1) is 0 Å². The van der Waals surface area contributed by atoms with Crippen LogP contribution in [0.2, 0.25) is 0 Å². The molecule has 4 amide bonds. The highest BCUT2D eigenvalue weighted by Crippen LogP contribution is 2.33. The number of ether oxygens (including phenoxy) is 1. The molecule has 0 bridgehead atoms. The van der Waals surface area contributed by atoms with E-state index in [0.29, 0.717) is 30.0 Å². The molecule has 180 valence electrons. The smallest absolute Gasteiger partial charge is 0.322 e. The maximum atomic E-state index is 13.2. The van der Waals surface area contributed by atoms with Gasteiger partial charge in [-0.3, -0.25) is 19.6 Å². The summed E-state index contributed by atoms with van der Waals surface area (Å²) >= 11 is 0. The lowest BCUT2D eigenvalue weighted by Crippen LogP contribution is -2.52. The number of imide groups is 1. The summed E-state index contributed by atoms with van der Waals surface area (Å²) < 4.78 is 7.41. The summed E-state index contributed by atoms with van der Waals surface area (Å²) in [6.45, 7) is 6.85. The second kappa shape index (κ2) is 8.57. The minimum atomic E-state index is -1.39. The van der Waals surface area contributed by atoms with Gasteiger partial charge in [0.05, 0.1) is 19.3 Å². The van der Waals surface area contributed by atoms with E-state index in [1.54, 1.807) is 17.2 Å². The number of urea groups is 1. The fourth-order valence-electron chi connectivity index (χ4n) is 4.62. The Morgan fingerprint density at radius 3 is 2.49 bits per heavy atom. The monoisotopic (exact) mass is 473 g/mol. The summed E-state index contributed by atoms with van der Waals surface area (Å²) in [6, 6.07) is 12.5. The second-order valence-electron chi connectivity index (χ2n) is 9.11. The standard InChI is InChI=1S/C26H27N5O4/c1-4-35-21-10-7-18-13-30(23(32)22(18)11-21)15-26(24(33)28-25(34)29-26)20-8-5-17(6-9-20)19-12-27-31(14-19)16(2)3/h5-12,14,16H,4,13,15H2,1-3H3,(H2,28,29,33,34)/t26-/m0/s1. The van der Waals surface area contributed by atoms with E-state index < -0.39 is 17.5 Å². The van der Waals surface area contributed by atoms with Crippen molar-refractivity contribution in [1.29, 1.82) is 0 Å². The van der Waals surface area contributed by atoms with Gasteiger partial charge < -0.3 is 15.0 Å². The molecule has 5 rings (SSSR count). The molecule has 3 aromatic rings. The molecule has 9 heteroatoms. The lowest BCUT2D eigenvalue weighted by molar-refractivity contribution is -0.124. The predicted octanol–water partition coefficient (Wildman–Crippen LogP) is 3.22. The Morgan fingerprint density at radius 2 is 1.86 bits per heavy atom. The molecule has 1 fully saturated rings. The van der Waals surface area contributed by atoms with Gasteiger partial charge in [0.2, 0.25) is 0 Å². The van der Waals surface area contributed by atoms with E-state index >= 15 is 0 Å². The maximum Gasteiger partial charge on any atom is 0.322 e. The summed E-state index contributed by atoms with van der Waals surface area (Å²) in [7, 11) is 0. The first-order chi connectivity index (χ1) is 16.8. The largest absolute Gasteiger partial charge is 0.494 e. The zero-order valence-corrected chi connectivity index (χ0v) is 19.9. The van der Waals surface area contributed by atoms with Crippen LogP contribution in [0.25, 0.3) is 11.1 Å². The molecule has 2 aliphatic heterocycles. The molecule has 3 heterocycles. The number of rotatable bonds is 7. The second-order valence-corrected chi connectivity index (χ2v) is 9.11. The zero-order chi connectivity index (χ0) is 24.7. The van der Waals surface area contributed by atoms with Crippen LogP contribution in [-0.2, 0) is 16.9 Å². The predicted molar refractivity (Wildman–Crippen MR) is 129 cm³/mol. The Balaban J connectivity index is 1.44. The first-order valence-corrected chi connectivity index (χ1v) is 11.6. The third-order valence-electron chi connectivity index (χ3n) is 6.48. The van der Waals surface area contributed by atoms with Crippen LogP contribution in [0.15, 0.2) is 54.9 Å². The van der Waals surface area contributed by atoms with E-state index in [4.69, 9.17) is 4.74 Å². The quantitative estimate of drug-likeness (QED) is 0.513. The molecule has 1 saturated heterocycles. The minimum absolute atomic E-state index is 0.00663. The van der Waals surface area contributed by atoms with Crippen LogP contribution in [0.1, 0.15) is 48.3 Å². The van der Waals surface area contributed by atoms with Gasteiger partial charge in [0.25, 0.3) is 11.8 Å². The van der Waals surface area contributed by atoms with Crippen molar-refractivity contribution in [1.82, 2.24) is 25.3 Å². The number of hydrogen-bond donors (Lipinski definition) is 2. The number of benzene rings is 2. The number of carbonyl (C=O) groups excluding carboxylic acids is 3. The molecule has 35 heavy (non-hydrogen) atoms. The highest BCUT2D eigenvalue weighted by Gasteiger charge is 2.50. The molecule has 0 spiro atoms. The van der Waals surface area contributed by atoms with Crippen LogP contribution in [-0.4, -0.2) is 45.7 Å². The first-order valence-electron chi connectivity index (χ1n) is 11.6. The third kappa shape index (κ3) is 3.92. The van der Waals surface area contributed by atoms with Gasteiger partial charge in [0.1, 0.15) is 5.75 Å². The van der Waals surface area contributed by atoms with Crippen LogP contribution in [0.4, 0.5) is 4.79 Å². The lowest BCUT2D eigenvalue weighted by Gasteiger charge is -2.31. The van der Waals surface area contributed by atoms with Gasteiger partial charge in [0, 0.05) is 29.9 Å². The summed E-state index contributed by atoms with van der Waals surface area (Å²) in [4.78, 5) is 40.1. The van der Waals surface area contributed by atoms with Crippen molar-refractivity contribution in [2.24, 2.45) is 0 Å². The zero-order valence-electron chi connectivity index (χ0n) is 19.9. The summed E-state index contributed by atoms with van der Waals surface area (Å²) in [6.07, 6.45) is 3.77. The molecular weight excluding hydrogens is 446 g/mol. The van der Waals surface area contributed by atoms with E-state index in [0.717, 1.165) is 16.7 Å². The molecule has 1 atom stereocenters. The Kier molecular flexibility index (Phi) is 5.55. The lowest BCUT2D eigenvalue weighted by atomic mass is 9.88. The van der Waals surface area contributed by atoms with Crippen LogP contribution < -0.4 is 15.4 Å². The van der Waals surface area contributed by atoms with Gasteiger partial charge in [-0.05, 0) is 49.6 Å². The SMILES string of the molecule is CCOc1ccc2c(c1)C(=O)N(C[C@@]1(c3ccc(-c4cnn(C(C)C)c4)cc3)NC(=O)NC1=O)C2. The molecule has 1 aromatic heterocycles. The van der Waals surface area contributed by atoms with Gasteiger partial charge >= 0.3 is 6.03 Å². The fraction of sp³-hybridized carbons (Fsp3) is 0.308. The van der Waals surface area contributed by atoms with Gasteiger partial charge in [-0.2, -0.15) is 5.10 Å². The average molecular weight is 474 g/mol. The number of aromatic nitrogens is 2. The van der Waals surface area contributed by atoms with Crippen LogP contribution in [0.5, 0.6) is 5.75 Å². The van der Waals surface area contributed by atoms with E-state index in [1.165, 1.54) is 0 Å². The molecule has 0 unspecified atom stereocenters. The number of hydrogen-bond acceptors (Lipinski definition) is 5. The number of nitrogens with one attached hydrogen (secondary N) is 2. The van der Waals surface area contributed by atoms with Crippen LogP contribution in [0, 0.1) is 0 Å². The van der Waals surface area contributed by atoms with Gasteiger partial charge in [-0.25, -0.2) is 4.79 Å². The first kappa shape index (κ1) is 22.6. The molecular formula is C26H27N5O4. The molecule has 0 radical (unpaired) electrons. The summed E-state index contributed by atoms with van der Waals surface area (Å²) in [5, 5.41) is 9.51.